The van der Waals surface area contributed by atoms with Gasteiger partial charge in [-0.3, -0.25) is 0 Å². The molecule has 3 aromatic rings. The molecule has 1 aliphatic heterocycles. The fourth-order valence-electron chi connectivity index (χ4n) is 3.22. The van der Waals surface area contributed by atoms with Crippen LogP contribution in [0.4, 0.5) is 23.5 Å². The third-order valence-corrected chi connectivity index (χ3v) is 4.87. The molecule has 2 heterocycles. The normalized spacial score (nSPS) is 13.5. The summed E-state index contributed by atoms with van der Waals surface area (Å²) in [5, 5.41) is 7.52. The van der Waals surface area contributed by atoms with E-state index in [1.807, 2.05) is 48.5 Å². The van der Waals surface area contributed by atoms with Crippen LogP contribution in [-0.4, -0.2) is 61.2 Å². The molecule has 10 nitrogen and oxygen atoms in total. The molecule has 1 saturated heterocycles. The smallest absolute Gasteiger partial charge is 0.250 e. The monoisotopic (exact) mass is 461 g/mol. The van der Waals surface area contributed by atoms with E-state index in [2.05, 4.69) is 42.3 Å². The summed E-state index contributed by atoms with van der Waals surface area (Å²) >= 11 is 0. The Labute approximate surface area is 198 Å². The molecule has 0 spiro atoms. The minimum absolute atomic E-state index is 0.323. The zero-order chi connectivity index (χ0) is 23.6. The van der Waals surface area contributed by atoms with Crippen LogP contribution in [0.3, 0.4) is 0 Å². The van der Waals surface area contributed by atoms with Crippen molar-refractivity contribution in [2.24, 2.45) is 5.10 Å². The van der Waals surface area contributed by atoms with Crippen LogP contribution in [0, 0.1) is 0 Å². The van der Waals surface area contributed by atoms with Crippen LogP contribution in [0.2, 0.25) is 0 Å². The van der Waals surface area contributed by atoms with Gasteiger partial charge in [0.2, 0.25) is 17.8 Å². The molecule has 0 atom stereocenters. The average molecular weight is 462 g/mol. The number of hydrazone groups is 1. The molecule has 34 heavy (non-hydrogen) atoms. The van der Waals surface area contributed by atoms with E-state index in [1.54, 1.807) is 19.4 Å². The van der Waals surface area contributed by atoms with Crippen molar-refractivity contribution in [3.63, 3.8) is 0 Å². The van der Waals surface area contributed by atoms with E-state index < -0.39 is 0 Å². The Bertz CT molecular complexity index is 1120. The van der Waals surface area contributed by atoms with Gasteiger partial charge in [-0.05, 0) is 35.9 Å². The maximum atomic E-state index is 5.59. The van der Waals surface area contributed by atoms with E-state index in [1.165, 1.54) is 0 Å². The van der Waals surface area contributed by atoms with Crippen LogP contribution in [0.15, 0.2) is 66.3 Å². The second kappa shape index (κ2) is 11.6. The topological polar surface area (TPSA) is 106 Å². The van der Waals surface area contributed by atoms with Gasteiger partial charge in [-0.2, -0.15) is 20.1 Å². The van der Waals surface area contributed by atoms with Crippen molar-refractivity contribution < 1.29 is 14.2 Å². The minimum Gasteiger partial charge on any atom is -0.493 e. The van der Waals surface area contributed by atoms with E-state index in [0.717, 1.165) is 11.3 Å². The third kappa shape index (κ3) is 6.20. The molecule has 1 aromatic heterocycles. The zero-order valence-corrected chi connectivity index (χ0v) is 19.0. The van der Waals surface area contributed by atoms with Gasteiger partial charge < -0.3 is 24.4 Å². The predicted molar refractivity (Wildman–Crippen MR) is 132 cm³/mol. The highest BCUT2D eigenvalue weighted by molar-refractivity contribution is 5.81. The lowest BCUT2D eigenvalue weighted by atomic mass is 10.2. The summed E-state index contributed by atoms with van der Waals surface area (Å²) in [6.07, 6.45) is 3.34. The number of para-hydroxylation sites is 1. The number of benzene rings is 2. The number of hydrogen-bond acceptors (Lipinski definition) is 10. The number of aromatic nitrogens is 3. The fourth-order valence-corrected chi connectivity index (χ4v) is 3.22. The maximum absolute atomic E-state index is 5.59. The lowest BCUT2D eigenvalue weighted by molar-refractivity contribution is 0.122. The van der Waals surface area contributed by atoms with Gasteiger partial charge in [-0.15, -0.1) is 0 Å². The van der Waals surface area contributed by atoms with Crippen molar-refractivity contribution in [1.29, 1.82) is 0 Å². The Morgan fingerprint density at radius 3 is 2.62 bits per heavy atom. The Morgan fingerprint density at radius 2 is 1.85 bits per heavy atom. The highest BCUT2D eigenvalue weighted by Gasteiger charge is 2.16. The molecule has 2 aromatic carbocycles. The number of ether oxygens (including phenoxy) is 3. The van der Waals surface area contributed by atoms with Crippen LogP contribution in [0.5, 0.6) is 11.5 Å². The standard InChI is InChI=1S/C24H27N7O3/c1-3-13-34-20-10-9-18(16-21(20)32-2)17-25-30-23-27-22(26-19-7-5-4-6-8-19)28-24(29-23)31-11-14-33-15-12-31/h3-10,16-17H,1,11-15H2,2H3,(H2,26,27,28,29,30)/b25-17-. The predicted octanol–water partition coefficient (Wildman–Crippen LogP) is 3.47. The number of anilines is 4. The van der Waals surface area contributed by atoms with E-state index in [9.17, 15) is 0 Å². The van der Waals surface area contributed by atoms with E-state index in [0.29, 0.717) is 62.3 Å². The summed E-state index contributed by atoms with van der Waals surface area (Å²) in [4.78, 5) is 15.6. The molecule has 0 aliphatic carbocycles. The first-order valence-electron chi connectivity index (χ1n) is 10.9. The molecular formula is C24H27N7O3. The number of nitrogens with zero attached hydrogens (tertiary/aromatic N) is 5. The first kappa shape index (κ1) is 23.0. The molecule has 1 fully saturated rings. The Morgan fingerprint density at radius 1 is 1.06 bits per heavy atom. The second-order valence-corrected chi connectivity index (χ2v) is 7.25. The van der Waals surface area contributed by atoms with Crippen molar-refractivity contribution in [3.8, 4) is 11.5 Å². The molecule has 0 amide bonds. The largest absolute Gasteiger partial charge is 0.493 e. The van der Waals surface area contributed by atoms with Crippen molar-refractivity contribution in [2.45, 2.75) is 0 Å². The van der Waals surface area contributed by atoms with Crippen molar-refractivity contribution in [1.82, 2.24) is 15.0 Å². The Kier molecular flexibility index (Phi) is 7.86. The summed E-state index contributed by atoms with van der Waals surface area (Å²) in [6, 6.07) is 15.3. The van der Waals surface area contributed by atoms with Gasteiger partial charge in [0.15, 0.2) is 11.5 Å². The van der Waals surface area contributed by atoms with Gasteiger partial charge in [-0.1, -0.05) is 30.9 Å². The van der Waals surface area contributed by atoms with E-state index in [4.69, 9.17) is 14.2 Å². The number of hydrogen-bond donors (Lipinski definition) is 2. The van der Waals surface area contributed by atoms with Gasteiger partial charge in [0, 0.05) is 18.8 Å². The molecular weight excluding hydrogens is 434 g/mol. The highest BCUT2D eigenvalue weighted by atomic mass is 16.5. The minimum atomic E-state index is 0.323. The molecule has 2 N–H and O–H groups in total. The molecule has 0 unspecified atom stereocenters. The van der Waals surface area contributed by atoms with Crippen LogP contribution < -0.4 is 25.1 Å². The number of morpholine rings is 1. The van der Waals surface area contributed by atoms with Crippen molar-refractivity contribution in [2.75, 3.05) is 55.7 Å². The van der Waals surface area contributed by atoms with Crippen LogP contribution in [-0.2, 0) is 4.74 Å². The van der Waals surface area contributed by atoms with Crippen molar-refractivity contribution in [3.05, 3.63) is 66.7 Å². The van der Waals surface area contributed by atoms with Crippen LogP contribution in [0.1, 0.15) is 5.56 Å². The molecule has 4 rings (SSSR count). The Hall–Kier alpha value is -4.18. The van der Waals surface area contributed by atoms with Gasteiger partial charge in [-0.25, -0.2) is 5.43 Å². The van der Waals surface area contributed by atoms with Crippen LogP contribution in [0.25, 0.3) is 0 Å². The molecule has 0 bridgehead atoms. The molecule has 0 saturated carbocycles. The third-order valence-electron chi connectivity index (χ3n) is 4.87. The van der Waals surface area contributed by atoms with E-state index in [-0.39, 0.29) is 0 Å². The first-order valence-corrected chi connectivity index (χ1v) is 10.9. The number of methoxy groups -OCH3 is 1. The van der Waals surface area contributed by atoms with Gasteiger partial charge in [0.25, 0.3) is 0 Å². The maximum Gasteiger partial charge on any atom is 0.250 e. The highest BCUT2D eigenvalue weighted by Crippen LogP contribution is 2.27. The summed E-state index contributed by atoms with van der Waals surface area (Å²) < 4.78 is 16.4. The summed E-state index contributed by atoms with van der Waals surface area (Å²) in [5.41, 5.74) is 4.61. The lowest BCUT2D eigenvalue weighted by Gasteiger charge is -2.27. The SMILES string of the molecule is C=CCOc1ccc(/C=N\Nc2nc(Nc3ccccc3)nc(N3CCOCC3)n2)cc1OC. The molecule has 10 heteroatoms. The average Bonchev–Trinajstić information content (AvgIpc) is 2.89. The molecule has 176 valence electrons. The van der Waals surface area contributed by atoms with Gasteiger partial charge in [0.1, 0.15) is 6.61 Å². The fraction of sp³-hybridized carbons (Fsp3) is 0.250. The number of nitrogens with one attached hydrogen (secondary N) is 2. The van der Waals surface area contributed by atoms with Gasteiger partial charge in [0.05, 0.1) is 26.5 Å². The zero-order valence-electron chi connectivity index (χ0n) is 19.0. The first-order chi connectivity index (χ1) is 16.7. The summed E-state index contributed by atoms with van der Waals surface area (Å²) in [7, 11) is 1.59. The second-order valence-electron chi connectivity index (χ2n) is 7.25. The quantitative estimate of drug-likeness (QED) is 0.267. The van der Waals surface area contributed by atoms with Crippen LogP contribution >= 0.6 is 0 Å². The van der Waals surface area contributed by atoms with Gasteiger partial charge >= 0.3 is 0 Å². The summed E-state index contributed by atoms with van der Waals surface area (Å²) in [6.45, 7) is 6.72. The summed E-state index contributed by atoms with van der Waals surface area (Å²) in [5.74, 6) is 2.54. The lowest BCUT2D eigenvalue weighted by Crippen LogP contribution is -2.37. The molecule has 1 aliphatic rings. The van der Waals surface area contributed by atoms with E-state index >= 15 is 0 Å². The molecule has 0 radical (unpaired) electrons. The Balaban J connectivity index is 1.52. The van der Waals surface area contributed by atoms with Crippen molar-refractivity contribution >= 4 is 29.7 Å². The number of rotatable bonds is 10.